The molecule has 0 spiro atoms. The number of rotatable bonds is 5. The Bertz CT molecular complexity index is 620. The molecule has 2 rings (SSSR count). The fourth-order valence-electron chi connectivity index (χ4n) is 2.01. The molecule has 1 aromatic heterocycles. The van der Waals surface area contributed by atoms with E-state index in [1.807, 2.05) is 13.8 Å². The molecule has 1 heterocycles. The smallest absolute Gasteiger partial charge is 0.159 e. The van der Waals surface area contributed by atoms with E-state index < -0.39 is 17.7 Å². The van der Waals surface area contributed by atoms with Crippen molar-refractivity contribution in [3.63, 3.8) is 0 Å². The SMILES string of the molecule is CC(C)Oc1cncc(C(NN)c2ccc(F)c(F)c2)c1. The van der Waals surface area contributed by atoms with Gasteiger partial charge in [-0.1, -0.05) is 6.07 Å². The van der Waals surface area contributed by atoms with Crippen molar-refractivity contribution in [2.75, 3.05) is 0 Å². The highest BCUT2D eigenvalue weighted by molar-refractivity contribution is 5.34. The first-order valence-corrected chi connectivity index (χ1v) is 6.54. The molecule has 112 valence electrons. The van der Waals surface area contributed by atoms with Crippen molar-refractivity contribution in [1.82, 2.24) is 10.4 Å². The van der Waals surface area contributed by atoms with Crippen LogP contribution in [-0.2, 0) is 0 Å². The van der Waals surface area contributed by atoms with Gasteiger partial charge in [0.2, 0.25) is 0 Å². The van der Waals surface area contributed by atoms with E-state index in [0.29, 0.717) is 16.9 Å². The minimum absolute atomic E-state index is 0.00889. The molecule has 0 saturated heterocycles. The third-order valence-corrected chi connectivity index (χ3v) is 2.88. The summed E-state index contributed by atoms with van der Waals surface area (Å²) in [6, 6.07) is 4.90. The van der Waals surface area contributed by atoms with Crippen LogP contribution in [-0.4, -0.2) is 11.1 Å². The molecule has 0 amide bonds. The Kier molecular flexibility index (Phi) is 4.82. The van der Waals surface area contributed by atoms with Crippen molar-refractivity contribution in [3.8, 4) is 5.75 Å². The number of nitrogens with two attached hydrogens (primary N) is 1. The standard InChI is InChI=1S/C15H17F2N3O/c1-9(2)21-12-5-11(7-19-8-12)15(20-18)10-3-4-13(16)14(17)6-10/h3-9,15,20H,18H2,1-2H3. The van der Waals surface area contributed by atoms with Crippen LogP contribution in [0.1, 0.15) is 31.0 Å². The fourth-order valence-corrected chi connectivity index (χ4v) is 2.01. The lowest BCUT2D eigenvalue weighted by Gasteiger charge is -2.18. The number of hydrogen-bond donors (Lipinski definition) is 2. The summed E-state index contributed by atoms with van der Waals surface area (Å²) in [5.41, 5.74) is 3.77. The highest BCUT2D eigenvalue weighted by atomic mass is 19.2. The Morgan fingerprint density at radius 2 is 1.86 bits per heavy atom. The zero-order valence-electron chi connectivity index (χ0n) is 11.8. The van der Waals surface area contributed by atoms with Gasteiger partial charge in [0.1, 0.15) is 5.75 Å². The van der Waals surface area contributed by atoms with E-state index in [1.165, 1.54) is 6.07 Å². The lowest BCUT2D eigenvalue weighted by Crippen LogP contribution is -2.29. The van der Waals surface area contributed by atoms with Crippen LogP contribution in [0.3, 0.4) is 0 Å². The molecule has 4 nitrogen and oxygen atoms in total. The number of nitrogens with one attached hydrogen (secondary N) is 1. The van der Waals surface area contributed by atoms with Crippen molar-refractivity contribution >= 4 is 0 Å². The van der Waals surface area contributed by atoms with Gasteiger partial charge in [-0.15, -0.1) is 0 Å². The van der Waals surface area contributed by atoms with Crippen molar-refractivity contribution in [1.29, 1.82) is 0 Å². The Balaban J connectivity index is 2.34. The molecule has 1 atom stereocenters. The Labute approximate surface area is 121 Å². The van der Waals surface area contributed by atoms with Crippen LogP contribution in [0.25, 0.3) is 0 Å². The lowest BCUT2D eigenvalue weighted by atomic mass is 10.0. The number of ether oxygens (including phenoxy) is 1. The number of halogens is 2. The number of pyridine rings is 1. The monoisotopic (exact) mass is 293 g/mol. The van der Waals surface area contributed by atoms with Gasteiger partial charge in [-0.2, -0.15) is 0 Å². The van der Waals surface area contributed by atoms with Gasteiger partial charge < -0.3 is 4.74 Å². The van der Waals surface area contributed by atoms with Crippen molar-refractivity contribution in [2.45, 2.75) is 26.0 Å². The number of aromatic nitrogens is 1. The van der Waals surface area contributed by atoms with E-state index in [-0.39, 0.29) is 6.10 Å². The van der Waals surface area contributed by atoms with Gasteiger partial charge in [0.15, 0.2) is 11.6 Å². The minimum atomic E-state index is -0.921. The second-order valence-corrected chi connectivity index (χ2v) is 4.89. The molecule has 21 heavy (non-hydrogen) atoms. The normalized spacial score (nSPS) is 12.5. The maximum atomic E-state index is 13.4. The van der Waals surface area contributed by atoms with Crippen LogP contribution in [0.15, 0.2) is 36.7 Å². The molecule has 1 unspecified atom stereocenters. The minimum Gasteiger partial charge on any atom is -0.489 e. The zero-order chi connectivity index (χ0) is 15.4. The first-order valence-electron chi connectivity index (χ1n) is 6.54. The number of hydrogen-bond acceptors (Lipinski definition) is 4. The lowest BCUT2D eigenvalue weighted by molar-refractivity contribution is 0.241. The van der Waals surface area contributed by atoms with Crippen LogP contribution in [0.5, 0.6) is 5.75 Å². The molecule has 6 heteroatoms. The summed E-state index contributed by atoms with van der Waals surface area (Å²) in [7, 11) is 0. The van der Waals surface area contributed by atoms with E-state index in [4.69, 9.17) is 10.6 Å². The summed E-state index contributed by atoms with van der Waals surface area (Å²) >= 11 is 0. The highest BCUT2D eigenvalue weighted by Gasteiger charge is 2.16. The van der Waals surface area contributed by atoms with E-state index in [1.54, 1.807) is 18.5 Å². The van der Waals surface area contributed by atoms with Crippen molar-refractivity contribution in [2.24, 2.45) is 5.84 Å². The summed E-state index contributed by atoms with van der Waals surface area (Å²) in [6.07, 6.45) is 3.19. The summed E-state index contributed by atoms with van der Waals surface area (Å²) < 4.78 is 31.9. The first-order chi connectivity index (χ1) is 10.0. The van der Waals surface area contributed by atoms with E-state index in [9.17, 15) is 8.78 Å². The molecule has 0 aliphatic heterocycles. The van der Waals surface area contributed by atoms with E-state index in [2.05, 4.69) is 10.4 Å². The van der Waals surface area contributed by atoms with Crippen molar-refractivity contribution < 1.29 is 13.5 Å². The molecule has 1 aromatic carbocycles. The van der Waals surface area contributed by atoms with Gasteiger partial charge in [-0.05, 0) is 43.2 Å². The van der Waals surface area contributed by atoms with Gasteiger partial charge in [0.05, 0.1) is 18.3 Å². The Morgan fingerprint density at radius 1 is 1.10 bits per heavy atom. The molecule has 0 aliphatic carbocycles. The summed E-state index contributed by atoms with van der Waals surface area (Å²) in [5.74, 6) is 4.31. The molecule has 3 N–H and O–H groups in total. The molecule has 0 aliphatic rings. The quantitative estimate of drug-likeness (QED) is 0.657. The van der Waals surface area contributed by atoms with E-state index >= 15 is 0 Å². The van der Waals surface area contributed by atoms with Gasteiger partial charge >= 0.3 is 0 Å². The van der Waals surface area contributed by atoms with Crippen LogP contribution in [0, 0.1) is 11.6 Å². The Morgan fingerprint density at radius 3 is 2.48 bits per heavy atom. The number of hydrazine groups is 1. The highest BCUT2D eigenvalue weighted by Crippen LogP contribution is 2.25. The summed E-state index contributed by atoms with van der Waals surface area (Å²) in [4.78, 5) is 4.08. The predicted molar refractivity (Wildman–Crippen MR) is 75.5 cm³/mol. The molecular weight excluding hydrogens is 276 g/mol. The van der Waals surface area contributed by atoms with Crippen LogP contribution in [0.4, 0.5) is 8.78 Å². The predicted octanol–water partition coefficient (Wildman–Crippen LogP) is 2.70. The largest absolute Gasteiger partial charge is 0.489 e. The van der Waals surface area contributed by atoms with Crippen LogP contribution >= 0.6 is 0 Å². The summed E-state index contributed by atoms with van der Waals surface area (Å²) in [6.45, 7) is 3.81. The molecule has 0 bridgehead atoms. The fraction of sp³-hybridized carbons (Fsp3) is 0.267. The van der Waals surface area contributed by atoms with Crippen LogP contribution in [0.2, 0.25) is 0 Å². The second-order valence-electron chi connectivity index (χ2n) is 4.89. The third kappa shape index (κ3) is 3.74. The Hall–Kier alpha value is -2.05. The average molecular weight is 293 g/mol. The average Bonchev–Trinajstić information content (AvgIpc) is 2.43. The van der Waals surface area contributed by atoms with Crippen molar-refractivity contribution in [3.05, 3.63) is 59.4 Å². The molecular formula is C15H17F2N3O. The van der Waals surface area contributed by atoms with Gasteiger partial charge in [0.25, 0.3) is 0 Å². The van der Waals surface area contributed by atoms with Gasteiger partial charge in [0, 0.05) is 6.20 Å². The second kappa shape index (κ2) is 6.60. The topological polar surface area (TPSA) is 60.2 Å². The third-order valence-electron chi connectivity index (χ3n) is 2.88. The summed E-state index contributed by atoms with van der Waals surface area (Å²) in [5, 5.41) is 0. The van der Waals surface area contributed by atoms with Gasteiger partial charge in [-0.25, -0.2) is 14.2 Å². The first kappa shape index (κ1) is 15.3. The maximum Gasteiger partial charge on any atom is 0.159 e. The zero-order valence-corrected chi connectivity index (χ0v) is 11.8. The molecule has 0 fully saturated rings. The number of benzene rings is 1. The molecule has 2 aromatic rings. The molecule has 0 radical (unpaired) electrons. The van der Waals surface area contributed by atoms with Gasteiger partial charge in [-0.3, -0.25) is 10.8 Å². The van der Waals surface area contributed by atoms with E-state index in [0.717, 1.165) is 12.1 Å². The van der Waals surface area contributed by atoms with Crippen LogP contribution < -0.4 is 16.0 Å². The maximum absolute atomic E-state index is 13.4. The number of nitrogens with zero attached hydrogens (tertiary/aromatic N) is 1. The molecule has 0 saturated carbocycles.